The van der Waals surface area contributed by atoms with Crippen molar-refractivity contribution < 1.29 is 22.7 Å². The van der Waals surface area contributed by atoms with Crippen LogP contribution in [0, 0.1) is 5.41 Å². The van der Waals surface area contributed by atoms with E-state index >= 15 is 0 Å². The number of hydrogen-bond donors (Lipinski definition) is 0. The average molecular weight is 493 g/mol. The second kappa shape index (κ2) is 10.4. The van der Waals surface area contributed by atoms with Crippen LogP contribution in [0.15, 0.2) is 59.5 Å². The van der Waals surface area contributed by atoms with E-state index in [0.717, 1.165) is 0 Å². The maximum absolute atomic E-state index is 13.4. The SMILES string of the molecule is O=C(C[C@@]1(COc2ccccc2)CCCN(S(=O)(=O)c2ccc(Cl)cc2)C1)N1CCOCC1. The molecular formula is C24H29ClN2O5S. The van der Waals surface area contributed by atoms with Gasteiger partial charge in [0.1, 0.15) is 5.75 Å². The van der Waals surface area contributed by atoms with Crippen LogP contribution in [0.5, 0.6) is 5.75 Å². The lowest BCUT2D eigenvalue weighted by molar-refractivity contribution is -0.139. The van der Waals surface area contributed by atoms with Crippen LogP contribution in [-0.2, 0) is 19.6 Å². The summed E-state index contributed by atoms with van der Waals surface area (Å²) in [5.41, 5.74) is -0.622. The molecule has 4 rings (SSSR count). The summed E-state index contributed by atoms with van der Waals surface area (Å²) in [6.07, 6.45) is 1.59. The molecule has 0 radical (unpaired) electrons. The second-order valence-electron chi connectivity index (χ2n) is 8.67. The minimum atomic E-state index is -3.72. The predicted molar refractivity (Wildman–Crippen MR) is 126 cm³/mol. The van der Waals surface area contributed by atoms with Gasteiger partial charge in [0.15, 0.2) is 0 Å². The van der Waals surface area contributed by atoms with Gasteiger partial charge in [-0.15, -0.1) is 0 Å². The molecule has 7 nitrogen and oxygen atoms in total. The van der Waals surface area contributed by atoms with Crippen molar-refractivity contribution in [3.8, 4) is 5.75 Å². The Labute approximate surface area is 200 Å². The minimum absolute atomic E-state index is 0.0145. The number of sulfonamides is 1. The Balaban J connectivity index is 1.57. The third-order valence-corrected chi connectivity index (χ3v) is 8.37. The van der Waals surface area contributed by atoms with Crippen LogP contribution >= 0.6 is 11.6 Å². The first kappa shape index (κ1) is 24.0. The zero-order chi connectivity index (χ0) is 23.3. The predicted octanol–water partition coefficient (Wildman–Crippen LogP) is 3.44. The molecule has 178 valence electrons. The molecule has 2 fully saturated rings. The molecule has 0 unspecified atom stereocenters. The van der Waals surface area contributed by atoms with Crippen LogP contribution in [0.25, 0.3) is 0 Å². The van der Waals surface area contributed by atoms with Gasteiger partial charge in [-0.1, -0.05) is 29.8 Å². The fourth-order valence-corrected chi connectivity index (χ4v) is 6.15. The average Bonchev–Trinajstić information content (AvgIpc) is 2.84. The first-order valence-corrected chi connectivity index (χ1v) is 13.0. The molecule has 2 aromatic carbocycles. The van der Waals surface area contributed by atoms with Gasteiger partial charge in [-0.05, 0) is 49.2 Å². The largest absolute Gasteiger partial charge is 0.493 e. The quantitative estimate of drug-likeness (QED) is 0.591. The Morgan fingerprint density at radius 2 is 1.73 bits per heavy atom. The number of rotatable bonds is 7. The van der Waals surface area contributed by atoms with Gasteiger partial charge in [0.25, 0.3) is 0 Å². The van der Waals surface area contributed by atoms with Gasteiger partial charge in [-0.25, -0.2) is 8.42 Å². The third-order valence-electron chi connectivity index (χ3n) is 6.26. The Morgan fingerprint density at radius 1 is 1.03 bits per heavy atom. The third kappa shape index (κ3) is 5.87. The normalized spacial score (nSPS) is 22.2. The summed E-state index contributed by atoms with van der Waals surface area (Å²) in [4.78, 5) is 15.2. The minimum Gasteiger partial charge on any atom is -0.493 e. The highest BCUT2D eigenvalue weighted by atomic mass is 35.5. The lowest BCUT2D eigenvalue weighted by atomic mass is 9.78. The van der Waals surface area contributed by atoms with Crippen LogP contribution < -0.4 is 4.74 Å². The Kier molecular flexibility index (Phi) is 7.58. The topological polar surface area (TPSA) is 76.2 Å². The van der Waals surface area contributed by atoms with Crippen LogP contribution in [0.2, 0.25) is 5.02 Å². The number of nitrogens with zero attached hydrogens (tertiary/aromatic N) is 2. The van der Waals surface area contributed by atoms with Gasteiger partial charge in [-0.3, -0.25) is 4.79 Å². The highest BCUT2D eigenvalue weighted by Crippen LogP contribution is 2.37. The molecule has 2 aliphatic rings. The summed E-state index contributed by atoms with van der Waals surface area (Å²) in [6.45, 7) is 3.06. The number of carbonyl (C=O) groups is 1. The summed E-state index contributed by atoms with van der Waals surface area (Å²) >= 11 is 5.95. The van der Waals surface area contributed by atoms with E-state index in [9.17, 15) is 13.2 Å². The highest BCUT2D eigenvalue weighted by molar-refractivity contribution is 7.89. The summed E-state index contributed by atoms with van der Waals surface area (Å²) in [7, 11) is -3.72. The number of carbonyl (C=O) groups excluding carboxylic acids is 1. The van der Waals surface area contributed by atoms with E-state index in [0.29, 0.717) is 56.5 Å². The van der Waals surface area contributed by atoms with Crippen molar-refractivity contribution in [2.75, 3.05) is 46.0 Å². The van der Waals surface area contributed by atoms with Crippen LogP contribution in [0.3, 0.4) is 0 Å². The van der Waals surface area contributed by atoms with Gasteiger partial charge in [0, 0.05) is 43.0 Å². The lowest BCUT2D eigenvalue weighted by Gasteiger charge is -2.42. The highest BCUT2D eigenvalue weighted by Gasteiger charge is 2.43. The number of benzene rings is 2. The van der Waals surface area contributed by atoms with Crippen molar-refractivity contribution in [3.05, 3.63) is 59.6 Å². The van der Waals surface area contributed by atoms with Gasteiger partial charge >= 0.3 is 0 Å². The maximum Gasteiger partial charge on any atom is 0.243 e. The van der Waals surface area contributed by atoms with Gasteiger partial charge in [-0.2, -0.15) is 4.31 Å². The standard InChI is InChI=1S/C24H29ClN2O5S/c25-20-7-9-22(10-8-20)33(29,30)27-12-4-11-24(18-27,19-32-21-5-2-1-3-6-21)17-23(28)26-13-15-31-16-14-26/h1-3,5-10H,4,11-19H2/t24-/m0/s1. The van der Waals surface area contributed by atoms with Crippen molar-refractivity contribution >= 4 is 27.5 Å². The zero-order valence-corrected chi connectivity index (χ0v) is 20.1. The van der Waals surface area contributed by atoms with Crippen molar-refractivity contribution in [2.45, 2.75) is 24.2 Å². The molecule has 0 spiro atoms. The van der Waals surface area contributed by atoms with E-state index in [1.54, 1.807) is 17.0 Å². The lowest BCUT2D eigenvalue weighted by Crippen LogP contribution is -2.51. The monoisotopic (exact) mass is 492 g/mol. The number of morpholine rings is 1. The van der Waals surface area contributed by atoms with Crippen molar-refractivity contribution in [1.82, 2.24) is 9.21 Å². The van der Waals surface area contributed by atoms with Crippen molar-refractivity contribution in [1.29, 1.82) is 0 Å². The number of para-hydroxylation sites is 1. The maximum atomic E-state index is 13.4. The number of piperidine rings is 1. The number of ether oxygens (including phenoxy) is 2. The summed E-state index contributed by atoms with van der Waals surface area (Å²) in [5, 5.41) is 0.481. The van der Waals surface area contributed by atoms with E-state index in [1.165, 1.54) is 16.4 Å². The Hall–Kier alpha value is -2.13. The van der Waals surface area contributed by atoms with Crippen LogP contribution in [0.4, 0.5) is 0 Å². The van der Waals surface area contributed by atoms with Gasteiger partial charge < -0.3 is 14.4 Å². The van der Waals surface area contributed by atoms with Crippen molar-refractivity contribution in [3.63, 3.8) is 0 Å². The summed E-state index contributed by atoms with van der Waals surface area (Å²) in [5.74, 6) is 0.717. The molecule has 0 N–H and O–H groups in total. The summed E-state index contributed by atoms with van der Waals surface area (Å²) in [6, 6.07) is 15.6. The van der Waals surface area contributed by atoms with Crippen LogP contribution in [-0.4, -0.2) is 69.5 Å². The summed E-state index contributed by atoms with van der Waals surface area (Å²) < 4.78 is 39.7. The fraction of sp³-hybridized carbons (Fsp3) is 0.458. The molecule has 2 aromatic rings. The molecule has 33 heavy (non-hydrogen) atoms. The number of halogens is 1. The van der Waals surface area contributed by atoms with E-state index in [1.807, 2.05) is 30.3 Å². The molecule has 0 aliphatic carbocycles. The molecule has 2 saturated heterocycles. The molecule has 2 aliphatic heterocycles. The smallest absolute Gasteiger partial charge is 0.243 e. The molecule has 0 bridgehead atoms. The molecule has 0 aromatic heterocycles. The van der Waals surface area contributed by atoms with Crippen LogP contribution in [0.1, 0.15) is 19.3 Å². The van der Waals surface area contributed by atoms with Crippen molar-refractivity contribution in [2.24, 2.45) is 5.41 Å². The van der Waals surface area contributed by atoms with E-state index < -0.39 is 15.4 Å². The zero-order valence-electron chi connectivity index (χ0n) is 18.5. The Morgan fingerprint density at radius 3 is 2.42 bits per heavy atom. The first-order valence-electron chi connectivity index (χ1n) is 11.2. The van der Waals surface area contributed by atoms with Gasteiger partial charge in [0.05, 0.1) is 24.7 Å². The number of hydrogen-bond acceptors (Lipinski definition) is 5. The fourth-order valence-electron chi connectivity index (χ4n) is 4.44. The molecule has 1 atom stereocenters. The van der Waals surface area contributed by atoms with Gasteiger partial charge in [0.2, 0.25) is 15.9 Å². The first-order chi connectivity index (χ1) is 15.9. The van der Waals surface area contributed by atoms with E-state index in [2.05, 4.69) is 0 Å². The number of amides is 1. The molecule has 9 heteroatoms. The molecule has 1 amide bonds. The van der Waals surface area contributed by atoms with E-state index in [4.69, 9.17) is 21.1 Å². The second-order valence-corrected chi connectivity index (χ2v) is 11.0. The molecular weight excluding hydrogens is 464 g/mol. The Bertz CT molecular complexity index is 1040. The van der Waals surface area contributed by atoms with E-state index in [-0.39, 0.29) is 30.4 Å². The molecule has 2 heterocycles. The molecule has 0 saturated carbocycles.